The SMILES string of the molecule is Cn1nnc2cc(C(=O)N3CCC[C@@H](CCc4ccc(F)cc4)C3)cnc21. The van der Waals surface area contributed by atoms with Gasteiger partial charge < -0.3 is 4.90 Å². The zero-order chi connectivity index (χ0) is 18.8. The molecule has 0 aliphatic carbocycles. The van der Waals surface area contributed by atoms with E-state index in [0.29, 0.717) is 22.6 Å². The van der Waals surface area contributed by atoms with Crippen LogP contribution in [0.25, 0.3) is 11.2 Å². The Kier molecular flexibility index (Phi) is 4.83. The third kappa shape index (κ3) is 3.82. The van der Waals surface area contributed by atoms with Crippen LogP contribution in [0.5, 0.6) is 0 Å². The van der Waals surface area contributed by atoms with E-state index < -0.39 is 0 Å². The molecule has 4 rings (SSSR count). The van der Waals surface area contributed by atoms with E-state index in [1.54, 1.807) is 24.0 Å². The Morgan fingerprint density at radius 1 is 1.30 bits per heavy atom. The summed E-state index contributed by atoms with van der Waals surface area (Å²) in [4.78, 5) is 19.1. The number of hydrogen-bond donors (Lipinski definition) is 0. The topological polar surface area (TPSA) is 63.9 Å². The summed E-state index contributed by atoms with van der Waals surface area (Å²) in [7, 11) is 1.78. The molecule has 6 nitrogen and oxygen atoms in total. The van der Waals surface area contributed by atoms with Gasteiger partial charge in [0.15, 0.2) is 5.65 Å². The van der Waals surface area contributed by atoms with E-state index in [2.05, 4.69) is 15.3 Å². The Bertz CT molecular complexity index is 953. The predicted octanol–water partition coefficient (Wildman–Crippen LogP) is 2.99. The molecule has 0 bridgehead atoms. The highest BCUT2D eigenvalue weighted by molar-refractivity contribution is 5.96. The molecule has 1 aliphatic heterocycles. The number of hydrogen-bond acceptors (Lipinski definition) is 4. The average Bonchev–Trinajstić information content (AvgIpc) is 3.07. The molecular formula is C20H22FN5O. The molecule has 0 N–H and O–H groups in total. The van der Waals surface area contributed by atoms with Crippen molar-refractivity contribution in [1.29, 1.82) is 0 Å². The third-order valence-corrected chi connectivity index (χ3v) is 5.25. The second kappa shape index (κ2) is 7.42. The Labute approximate surface area is 157 Å². The number of fused-ring (bicyclic) bond motifs is 1. The predicted molar refractivity (Wildman–Crippen MR) is 99.7 cm³/mol. The van der Waals surface area contributed by atoms with E-state index in [4.69, 9.17) is 0 Å². The lowest BCUT2D eigenvalue weighted by Crippen LogP contribution is -2.40. The molecule has 1 aliphatic rings. The van der Waals surface area contributed by atoms with Crippen molar-refractivity contribution >= 4 is 17.1 Å². The van der Waals surface area contributed by atoms with Gasteiger partial charge in [0.2, 0.25) is 0 Å². The summed E-state index contributed by atoms with van der Waals surface area (Å²) in [5.41, 5.74) is 3.00. The molecule has 0 unspecified atom stereocenters. The lowest BCUT2D eigenvalue weighted by atomic mass is 9.91. The second-order valence-corrected chi connectivity index (χ2v) is 7.20. The summed E-state index contributed by atoms with van der Waals surface area (Å²) >= 11 is 0. The molecule has 1 amide bonds. The van der Waals surface area contributed by atoms with Gasteiger partial charge in [-0.25, -0.2) is 14.1 Å². The Morgan fingerprint density at radius 3 is 2.93 bits per heavy atom. The highest BCUT2D eigenvalue weighted by Crippen LogP contribution is 2.23. The fourth-order valence-electron chi connectivity index (χ4n) is 3.73. The monoisotopic (exact) mass is 367 g/mol. The minimum absolute atomic E-state index is 0.00142. The van der Waals surface area contributed by atoms with Crippen LogP contribution in [0.3, 0.4) is 0 Å². The van der Waals surface area contributed by atoms with Crippen LogP contribution in [0.2, 0.25) is 0 Å². The number of likely N-dealkylation sites (tertiary alicyclic amines) is 1. The molecule has 0 spiro atoms. The minimum Gasteiger partial charge on any atom is -0.338 e. The lowest BCUT2D eigenvalue weighted by molar-refractivity contribution is 0.0668. The number of amides is 1. The van der Waals surface area contributed by atoms with Gasteiger partial charge in [-0.05, 0) is 55.4 Å². The molecule has 1 atom stereocenters. The van der Waals surface area contributed by atoms with Crippen LogP contribution >= 0.6 is 0 Å². The molecule has 1 saturated heterocycles. The smallest absolute Gasteiger partial charge is 0.255 e. The van der Waals surface area contributed by atoms with Crippen molar-refractivity contribution in [3.8, 4) is 0 Å². The number of nitrogens with zero attached hydrogens (tertiary/aromatic N) is 5. The lowest BCUT2D eigenvalue weighted by Gasteiger charge is -2.33. The highest BCUT2D eigenvalue weighted by atomic mass is 19.1. The number of halogens is 1. The maximum absolute atomic E-state index is 13.0. The number of benzene rings is 1. The van der Waals surface area contributed by atoms with Gasteiger partial charge in [-0.2, -0.15) is 0 Å². The molecule has 1 aromatic carbocycles. The molecular weight excluding hydrogens is 345 g/mol. The first-order valence-electron chi connectivity index (χ1n) is 9.29. The normalized spacial score (nSPS) is 17.4. The summed E-state index contributed by atoms with van der Waals surface area (Å²) in [5.74, 6) is 0.254. The molecule has 0 saturated carbocycles. The molecule has 1 fully saturated rings. The second-order valence-electron chi connectivity index (χ2n) is 7.20. The van der Waals surface area contributed by atoms with E-state index in [9.17, 15) is 9.18 Å². The van der Waals surface area contributed by atoms with Crippen LogP contribution in [0.1, 0.15) is 35.2 Å². The number of pyridine rings is 1. The molecule has 7 heteroatoms. The highest BCUT2D eigenvalue weighted by Gasteiger charge is 2.25. The summed E-state index contributed by atoms with van der Waals surface area (Å²) in [5, 5.41) is 7.98. The molecule has 0 radical (unpaired) electrons. The van der Waals surface area contributed by atoms with Gasteiger partial charge in [0.1, 0.15) is 11.3 Å². The van der Waals surface area contributed by atoms with Gasteiger partial charge in [0.05, 0.1) is 5.56 Å². The van der Waals surface area contributed by atoms with Crippen LogP contribution in [0.15, 0.2) is 36.5 Å². The fraction of sp³-hybridized carbons (Fsp3) is 0.400. The number of aryl methyl sites for hydroxylation is 2. The quantitative estimate of drug-likeness (QED) is 0.711. The number of carbonyl (C=O) groups is 1. The maximum atomic E-state index is 13.0. The van der Waals surface area contributed by atoms with Gasteiger partial charge in [-0.1, -0.05) is 17.3 Å². The summed E-state index contributed by atoms with van der Waals surface area (Å²) in [6.07, 6.45) is 5.63. The molecule has 3 aromatic rings. The van der Waals surface area contributed by atoms with Crippen LogP contribution in [0, 0.1) is 11.7 Å². The number of carbonyl (C=O) groups excluding carboxylic acids is 1. The Morgan fingerprint density at radius 2 is 2.11 bits per heavy atom. The maximum Gasteiger partial charge on any atom is 0.255 e. The van der Waals surface area contributed by atoms with Crippen molar-refractivity contribution in [3.05, 3.63) is 53.5 Å². The van der Waals surface area contributed by atoms with E-state index in [-0.39, 0.29) is 11.7 Å². The first kappa shape index (κ1) is 17.6. The van der Waals surface area contributed by atoms with E-state index in [1.165, 1.54) is 12.1 Å². The Hall–Kier alpha value is -2.83. The Balaban J connectivity index is 1.40. The van der Waals surface area contributed by atoms with Crippen molar-refractivity contribution < 1.29 is 9.18 Å². The van der Waals surface area contributed by atoms with Gasteiger partial charge >= 0.3 is 0 Å². The molecule has 140 valence electrons. The summed E-state index contributed by atoms with van der Waals surface area (Å²) < 4.78 is 14.6. The van der Waals surface area contributed by atoms with Crippen molar-refractivity contribution in [2.24, 2.45) is 13.0 Å². The standard InChI is InChI=1S/C20H22FN5O/c1-25-19-18(23-24-25)11-16(12-22-19)20(27)26-10-2-3-15(13-26)5-4-14-6-8-17(21)9-7-14/h6-9,11-12,15H,2-5,10,13H2,1H3/t15-/m0/s1. The summed E-state index contributed by atoms with van der Waals surface area (Å²) in [6.45, 7) is 1.52. The first-order valence-corrected chi connectivity index (χ1v) is 9.29. The average molecular weight is 367 g/mol. The molecule has 3 heterocycles. The minimum atomic E-state index is -0.207. The number of piperidine rings is 1. The summed E-state index contributed by atoms with van der Waals surface area (Å²) in [6, 6.07) is 8.44. The third-order valence-electron chi connectivity index (χ3n) is 5.25. The van der Waals surface area contributed by atoms with Crippen LogP contribution < -0.4 is 0 Å². The van der Waals surface area contributed by atoms with E-state index in [0.717, 1.165) is 44.3 Å². The van der Waals surface area contributed by atoms with Gasteiger partial charge in [-0.15, -0.1) is 5.10 Å². The van der Waals surface area contributed by atoms with Crippen molar-refractivity contribution in [2.75, 3.05) is 13.1 Å². The molecule has 2 aromatic heterocycles. The molecule has 27 heavy (non-hydrogen) atoms. The van der Waals surface area contributed by atoms with Gasteiger partial charge in [0, 0.05) is 26.3 Å². The fourth-order valence-corrected chi connectivity index (χ4v) is 3.73. The first-order chi connectivity index (χ1) is 13.1. The zero-order valence-electron chi connectivity index (χ0n) is 15.3. The van der Waals surface area contributed by atoms with Gasteiger partial charge in [0.25, 0.3) is 5.91 Å². The van der Waals surface area contributed by atoms with Crippen molar-refractivity contribution in [3.63, 3.8) is 0 Å². The van der Waals surface area contributed by atoms with Crippen LogP contribution in [0.4, 0.5) is 4.39 Å². The van der Waals surface area contributed by atoms with Crippen LogP contribution in [-0.2, 0) is 13.5 Å². The number of aromatic nitrogens is 4. The van der Waals surface area contributed by atoms with Crippen LogP contribution in [-0.4, -0.2) is 43.9 Å². The van der Waals surface area contributed by atoms with E-state index in [1.807, 2.05) is 17.0 Å². The van der Waals surface area contributed by atoms with Crippen molar-refractivity contribution in [2.45, 2.75) is 25.7 Å². The number of rotatable bonds is 4. The largest absolute Gasteiger partial charge is 0.338 e. The van der Waals surface area contributed by atoms with Gasteiger partial charge in [-0.3, -0.25) is 4.79 Å². The van der Waals surface area contributed by atoms with E-state index >= 15 is 0 Å². The van der Waals surface area contributed by atoms with Crippen molar-refractivity contribution in [1.82, 2.24) is 24.9 Å². The zero-order valence-corrected chi connectivity index (χ0v) is 15.3.